The molecule has 1 saturated heterocycles. The monoisotopic (exact) mass is 377 g/mol. The van der Waals surface area contributed by atoms with E-state index >= 15 is 0 Å². The lowest BCUT2D eigenvalue weighted by Gasteiger charge is -2.10. The average Bonchev–Trinajstić information content (AvgIpc) is 3.06. The zero-order valence-electron chi connectivity index (χ0n) is 16.2. The van der Waals surface area contributed by atoms with Gasteiger partial charge in [0.2, 0.25) is 5.91 Å². The van der Waals surface area contributed by atoms with E-state index in [9.17, 15) is 4.79 Å². The number of aryl methyl sites for hydroxylation is 2. The van der Waals surface area contributed by atoms with Crippen molar-refractivity contribution in [2.45, 2.75) is 46.1 Å². The van der Waals surface area contributed by atoms with E-state index in [-0.39, 0.29) is 5.91 Å². The number of rotatable bonds is 5. The van der Waals surface area contributed by atoms with Crippen LogP contribution in [0, 0.1) is 19.8 Å². The number of aromatic nitrogens is 6. The molecule has 0 spiro atoms. The Morgan fingerprint density at radius 3 is 2.79 bits per heavy atom. The van der Waals surface area contributed by atoms with E-state index < -0.39 is 0 Å². The summed E-state index contributed by atoms with van der Waals surface area (Å²) < 4.78 is 3.97. The SMILES string of the molecule is Cc1ncc(C)n2nc(/C=C/c3nc(N4CCCC4=O)cn3CC3CC3)nc12. The highest BCUT2D eigenvalue weighted by Gasteiger charge is 2.27. The molecule has 2 aliphatic rings. The van der Waals surface area contributed by atoms with Crippen molar-refractivity contribution >= 4 is 29.5 Å². The van der Waals surface area contributed by atoms with Crippen LogP contribution in [-0.2, 0) is 11.3 Å². The number of carbonyl (C=O) groups is 1. The van der Waals surface area contributed by atoms with E-state index in [2.05, 4.69) is 19.6 Å². The summed E-state index contributed by atoms with van der Waals surface area (Å²) in [5.41, 5.74) is 2.56. The Balaban J connectivity index is 1.48. The minimum absolute atomic E-state index is 0.159. The molecule has 8 nitrogen and oxygen atoms in total. The molecule has 0 aromatic carbocycles. The lowest BCUT2D eigenvalue weighted by atomic mass is 10.4. The topological polar surface area (TPSA) is 81.2 Å². The first kappa shape index (κ1) is 17.1. The fourth-order valence-electron chi connectivity index (χ4n) is 3.62. The number of hydrogen-bond donors (Lipinski definition) is 0. The summed E-state index contributed by atoms with van der Waals surface area (Å²) in [6.07, 6.45) is 11.7. The molecule has 5 rings (SSSR count). The van der Waals surface area contributed by atoms with Gasteiger partial charge < -0.3 is 4.57 Å². The molecular formula is C20H23N7O. The summed E-state index contributed by atoms with van der Waals surface area (Å²) in [7, 11) is 0. The predicted molar refractivity (Wildman–Crippen MR) is 106 cm³/mol. The number of fused-ring (bicyclic) bond motifs is 1. The number of hydrogen-bond acceptors (Lipinski definition) is 5. The van der Waals surface area contributed by atoms with E-state index in [1.165, 1.54) is 12.8 Å². The molecule has 1 amide bonds. The molecule has 8 heteroatoms. The molecule has 4 heterocycles. The Morgan fingerprint density at radius 1 is 1.21 bits per heavy atom. The van der Waals surface area contributed by atoms with Gasteiger partial charge in [-0.15, -0.1) is 5.10 Å². The summed E-state index contributed by atoms with van der Waals surface area (Å²) in [4.78, 5) is 27.6. The van der Waals surface area contributed by atoms with Gasteiger partial charge in [-0.05, 0) is 51.2 Å². The van der Waals surface area contributed by atoms with Crippen LogP contribution in [0.2, 0.25) is 0 Å². The van der Waals surface area contributed by atoms with Crippen molar-refractivity contribution < 1.29 is 4.79 Å². The Morgan fingerprint density at radius 2 is 2.07 bits per heavy atom. The molecule has 0 atom stereocenters. The van der Waals surface area contributed by atoms with Gasteiger partial charge in [-0.1, -0.05) is 0 Å². The minimum Gasteiger partial charge on any atom is -0.329 e. The molecule has 28 heavy (non-hydrogen) atoms. The van der Waals surface area contributed by atoms with Crippen molar-refractivity contribution in [3.05, 3.63) is 35.4 Å². The van der Waals surface area contributed by atoms with Crippen molar-refractivity contribution in [2.24, 2.45) is 5.92 Å². The van der Waals surface area contributed by atoms with Crippen LogP contribution < -0.4 is 4.90 Å². The number of imidazole rings is 1. The maximum Gasteiger partial charge on any atom is 0.228 e. The van der Waals surface area contributed by atoms with Crippen LogP contribution in [0.3, 0.4) is 0 Å². The maximum absolute atomic E-state index is 12.1. The number of anilines is 1. The third-order valence-electron chi connectivity index (χ3n) is 5.40. The summed E-state index contributed by atoms with van der Waals surface area (Å²) in [6, 6.07) is 0. The standard InChI is InChI=1S/C20H23N7O/c1-13-10-21-14(2)20-22-16(24-27(13)20)7-8-17-23-18(26-9-3-4-19(26)28)12-25(17)11-15-5-6-15/h7-8,10,12,15H,3-6,9,11H2,1-2H3/b8-7+. The van der Waals surface area contributed by atoms with Gasteiger partial charge in [0.15, 0.2) is 17.3 Å². The second-order valence-electron chi connectivity index (χ2n) is 7.73. The lowest BCUT2D eigenvalue weighted by molar-refractivity contribution is -0.117. The molecule has 1 aliphatic heterocycles. The molecule has 3 aromatic rings. The second-order valence-corrected chi connectivity index (χ2v) is 7.73. The summed E-state index contributed by atoms with van der Waals surface area (Å²) >= 11 is 0. The van der Waals surface area contributed by atoms with Gasteiger partial charge in [-0.25, -0.2) is 14.5 Å². The lowest BCUT2D eigenvalue weighted by Crippen LogP contribution is -2.23. The maximum atomic E-state index is 12.1. The summed E-state index contributed by atoms with van der Waals surface area (Å²) in [5, 5.41) is 4.56. The van der Waals surface area contributed by atoms with Crippen molar-refractivity contribution in [2.75, 3.05) is 11.4 Å². The highest BCUT2D eigenvalue weighted by Crippen LogP contribution is 2.32. The molecule has 1 saturated carbocycles. The highest BCUT2D eigenvalue weighted by atomic mass is 16.2. The van der Waals surface area contributed by atoms with Gasteiger partial charge >= 0.3 is 0 Å². The van der Waals surface area contributed by atoms with Gasteiger partial charge in [-0.2, -0.15) is 0 Å². The van der Waals surface area contributed by atoms with E-state index in [0.29, 0.717) is 18.2 Å². The fourth-order valence-corrected chi connectivity index (χ4v) is 3.62. The zero-order valence-corrected chi connectivity index (χ0v) is 16.2. The summed E-state index contributed by atoms with van der Waals surface area (Å²) in [5.74, 6) is 3.09. The smallest absolute Gasteiger partial charge is 0.228 e. The predicted octanol–water partition coefficient (Wildman–Crippen LogP) is 2.64. The number of amides is 1. The average molecular weight is 377 g/mol. The molecule has 0 bridgehead atoms. The first-order valence-electron chi connectivity index (χ1n) is 9.83. The molecule has 0 N–H and O–H groups in total. The molecule has 0 radical (unpaired) electrons. The van der Waals surface area contributed by atoms with Crippen LogP contribution in [0.15, 0.2) is 12.4 Å². The van der Waals surface area contributed by atoms with Crippen LogP contribution >= 0.6 is 0 Å². The molecule has 3 aromatic heterocycles. The largest absolute Gasteiger partial charge is 0.329 e. The van der Waals surface area contributed by atoms with Crippen LogP contribution in [-0.4, -0.2) is 41.6 Å². The van der Waals surface area contributed by atoms with Gasteiger partial charge in [0.25, 0.3) is 0 Å². The molecule has 0 unspecified atom stereocenters. The first-order valence-corrected chi connectivity index (χ1v) is 9.83. The first-order chi connectivity index (χ1) is 13.6. The Hall–Kier alpha value is -3.03. The van der Waals surface area contributed by atoms with E-state index in [1.807, 2.05) is 36.7 Å². The normalized spacial score (nSPS) is 17.5. The van der Waals surface area contributed by atoms with Crippen molar-refractivity contribution in [3.8, 4) is 0 Å². The third kappa shape index (κ3) is 3.08. The van der Waals surface area contributed by atoms with Crippen molar-refractivity contribution in [1.29, 1.82) is 0 Å². The van der Waals surface area contributed by atoms with E-state index in [4.69, 9.17) is 4.98 Å². The van der Waals surface area contributed by atoms with Crippen LogP contribution in [0.25, 0.3) is 17.8 Å². The van der Waals surface area contributed by atoms with Crippen molar-refractivity contribution in [1.82, 2.24) is 29.1 Å². The quantitative estimate of drug-likeness (QED) is 0.683. The molecule has 1 aliphatic carbocycles. The van der Waals surface area contributed by atoms with Crippen LogP contribution in [0.5, 0.6) is 0 Å². The Kier molecular flexibility index (Phi) is 3.99. The van der Waals surface area contributed by atoms with Gasteiger partial charge in [0.05, 0.1) is 11.4 Å². The second kappa shape index (κ2) is 6.54. The van der Waals surface area contributed by atoms with Crippen LogP contribution in [0.1, 0.15) is 48.7 Å². The molecule has 2 fully saturated rings. The van der Waals surface area contributed by atoms with Crippen molar-refractivity contribution in [3.63, 3.8) is 0 Å². The highest BCUT2D eigenvalue weighted by molar-refractivity contribution is 5.94. The van der Waals surface area contributed by atoms with Gasteiger partial charge in [-0.3, -0.25) is 14.7 Å². The molecule has 144 valence electrons. The van der Waals surface area contributed by atoms with E-state index in [0.717, 1.165) is 48.2 Å². The van der Waals surface area contributed by atoms with Crippen LogP contribution in [0.4, 0.5) is 5.82 Å². The number of nitrogens with zero attached hydrogens (tertiary/aromatic N) is 7. The Labute approximate surface area is 162 Å². The fraction of sp³-hybridized carbons (Fsp3) is 0.450. The third-order valence-corrected chi connectivity index (χ3v) is 5.40. The zero-order chi connectivity index (χ0) is 19.3. The van der Waals surface area contributed by atoms with Gasteiger partial charge in [0, 0.05) is 31.9 Å². The van der Waals surface area contributed by atoms with E-state index in [1.54, 1.807) is 11.1 Å². The Bertz CT molecular complexity index is 1050. The summed E-state index contributed by atoms with van der Waals surface area (Å²) in [6.45, 7) is 5.58. The molecular weight excluding hydrogens is 354 g/mol. The number of carbonyl (C=O) groups excluding carboxylic acids is 1. The van der Waals surface area contributed by atoms with Gasteiger partial charge in [0.1, 0.15) is 5.82 Å². The minimum atomic E-state index is 0.159.